The van der Waals surface area contributed by atoms with Crippen molar-refractivity contribution in [3.63, 3.8) is 0 Å². The molecule has 2 aliphatic rings. The van der Waals surface area contributed by atoms with Gasteiger partial charge in [0.2, 0.25) is 12.5 Å². The number of benzene rings is 2. The van der Waals surface area contributed by atoms with E-state index in [0.717, 1.165) is 18.4 Å². The minimum atomic E-state index is -0.990. The number of rotatable bonds is 16. The summed E-state index contributed by atoms with van der Waals surface area (Å²) in [6.07, 6.45) is 1.68. The molecule has 12 nitrogen and oxygen atoms in total. The molecule has 1 amide bonds. The molecule has 2 aliphatic heterocycles. The first-order valence-corrected chi connectivity index (χ1v) is 14.6. The molecule has 0 bridgehead atoms. The van der Waals surface area contributed by atoms with Gasteiger partial charge in [-0.05, 0) is 50.3 Å². The van der Waals surface area contributed by atoms with Crippen molar-refractivity contribution in [1.82, 2.24) is 14.9 Å². The summed E-state index contributed by atoms with van der Waals surface area (Å²) >= 11 is 0. The van der Waals surface area contributed by atoms with E-state index >= 15 is 0 Å². The summed E-state index contributed by atoms with van der Waals surface area (Å²) in [4.78, 5) is 36.3. The third-order valence-electron chi connectivity index (χ3n) is 7.74. The van der Waals surface area contributed by atoms with Crippen molar-refractivity contribution in [3.8, 4) is 28.7 Å². The second-order valence-electron chi connectivity index (χ2n) is 10.9. The van der Waals surface area contributed by atoms with E-state index in [1.165, 1.54) is 12.2 Å². The number of para-hydroxylation sites is 2. The maximum Gasteiger partial charge on any atom is 0.308 e. The third kappa shape index (κ3) is 7.81. The van der Waals surface area contributed by atoms with Gasteiger partial charge in [0.25, 0.3) is 5.91 Å². The molecule has 12 heteroatoms. The lowest BCUT2D eigenvalue weighted by Crippen LogP contribution is -2.47. The van der Waals surface area contributed by atoms with Crippen molar-refractivity contribution in [2.45, 2.75) is 31.7 Å². The van der Waals surface area contributed by atoms with E-state index in [2.05, 4.69) is 6.92 Å². The van der Waals surface area contributed by atoms with Crippen molar-refractivity contribution < 1.29 is 43.2 Å². The van der Waals surface area contributed by atoms with E-state index in [4.69, 9.17) is 28.5 Å². The number of likely N-dealkylation sites (N-methyl/N-ethyl adjacent to an activating group) is 1. The van der Waals surface area contributed by atoms with Crippen LogP contribution in [-0.4, -0.2) is 112 Å². The van der Waals surface area contributed by atoms with Gasteiger partial charge in [0.15, 0.2) is 23.0 Å². The average molecular weight is 602 g/mol. The van der Waals surface area contributed by atoms with Crippen LogP contribution in [0.3, 0.4) is 0 Å². The number of carbonyl (C=O) groups is 2. The van der Waals surface area contributed by atoms with Crippen LogP contribution in [0.25, 0.3) is 0 Å². The Morgan fingerprint density at radius 3 is 2.47 bits per heavy atom. The molecule has 4 rings (SSSR count). The van der Waals surface area contributed by atoms with Gasteiger partial charge in [-0.25, -0.2) is 5.06 Å². The number of aliphatic carboxylic acids is 1. The van der Waals surface area contributed by atoms with Gasteiger partial charge >= 0.3 is 5.97 Å². The van der Waals surface area contributed by atoms with E-state index in [1.54, 1.807) is 31.4 Å². The van der Waals surface area contributed by atoms with Crippen LogP contribution in [0.4, 0.5) is 0 Å². The topological polar surface area (TPSA) is 119 Å². The summed E-state index contributed by atoms with van der Waals surface area (Å²) in [6, 6.07) is 10.1. The number of amides is 1. The molecule has 0 aromatic heterocycles. The second kappa shape index (κ2) is 15.1. The number of methoxy groups -OCH3 is 2. The quantitative estimate of drug-likeness (QED) is 0.286. The third-order valence-corrected chi connectivity index (χ3v) is 7.74. The van der Waals surface area contributed by atoms with E-state index in [0.29, 0.717) is 55.0 Å². The maximum atomic E-state index is 13.7. The Kier molecular flexibility index (Phi) is 11.3. The SMILES string of the molecule is CCCCN(OCCN(C)C)C(=O)CN1C[C@H](c2cc(OC)c3c(c2)OCO3)[C@@H](C(=O)O)[C@@H]1COc1ccccc1OC. The lowest BCUT2D eigenvalue weighted by Gasteiger charge is -2.29. The van der Waals surface area contributed by atoms with Gasteiger partial charge in [0.05, 0.1) is 39.3 Å². The number of hydrogen-bond acceptors (Lipinski definition) is 10. The molecule has 43 heavy (non-hydrogen) atoms. The maximum absolute atomic E-state index is 13.7. The van der Waals surface area contributed by atoms with Crippen LogP contribution in [-0.2, 0) is 14.4 Å². The predicted molar refractivity (Wildman–Crippen MR) is 158 cm³/mol. The van der Waals surface area contributed by atoms with Crippen molar-refractivity contribution in [1.29, 1.82) is 0 Å². The van der Waals surface area contributed by atoms with Crippen LogP contribution in [0.2, 0.25) is 0 Å². The van der Waals surface area contributed by atoms with Gasteiger partial charge < -0.3 is 33.7 Å². The molecule has 0 saturated carbocycles. The monoisotopic (exact) mass is 601 g/mol. The number of likely N-dealkylation sites (tertiary alicyclic amines) is 1. The highest BCUT2D eigenvalue weighted by molar-refractivity contribution is 5.78. The molecular formula is C31H43N3O9. The number of hydrogen-bond donors (Lipinski definition) is 1. The Morgan fingerprint density at radius 1 is 1.05 bits per heavy atom. The number of fused-ring (bicyclic) bond motifs is 1. The van der Waals surface area contributed by atoms with Gasteiger partial charge in [0, 0.05) is 25.6 Å². The highest BCUT2D eigenvalue weighted by atomic mass is 16.7. The molecule has 2 heterocycles. The van der Waals surface area contributed by atoms with Crippen LogP contribution < -0.4 is 23.7 Å². The van der Waals surface area contributed by atoms with E-state index in [1.807, 2.05) is 36.0 Å². The Morgan fingerprint density at radius 2 is 1.79 bits per heavy atom. The minimum absolute atomic E-state index is 0.0270. The largest absolute Gasteiger partial charge is 0.493 e. The van der Waals surface area contributed by atoms with Gasteiger partial charge in [-0.3, -0.25) is 19.3 Å². The molecule has 1 fully saturated rings. The summed E-state index contributed by atoms with van der Waals surface area (Å²) in [5, 5.41) is 12.0. The molecule has 0 spiro atoms. The van der Waals surface area contributed by atoms with E-state index < -0.39 is 23.8 Å². The normalized spacial score (nSPS) is 19.4. The fourth-order valence-electron chi connectivity index (χ4n) is 5.46. The highest BCUT2D eigenvalue weighted by Gasteiger charge is 2.48. The summed E-state index contributed by atoms with van der Waals surface area (Å²) in [7, 11) is 6.96. The number of carboxylic acids is 1. The molecule has 3 atom stereocenters. The van der Waals surface area contributed by atoms with Gasteiger partial charge in [-0.1, -0.05) is 25.5 Å². The summed E-state index contributed by atoms with van der Waals surface area (Å²) in [6.45, 7) is 3.86. The van der Waals surface area contributed by atoms with Crippen molar-refractivity contribution in [2.75, 3.05) is 74.5 Å². The molecule has 236 valence electrons. The second-order valence-corrected chi connectivity index (χ2v) is 10.9. The first-order chi connectivity index (χ1) is 20.8. The average Bonchev–Trinajstić information content (AvgIpc) is 3.62. The van der Waals surface area contributed by atoms with Crippen LogP contribution >= 0.6 is 0 Å². The Labute approximate surface area is 252 Å². The van der Waals surface area contributed by atoms with Gasteiger partial charge in [0.1, 0.15) is 6.61 Å². The van der Waals surface area contributed by atoms with Crippen molar-refractivity contribution >= 4 is 11.9 Å². The summed E-state index contributed by atoms with van der Waals surface area (Å²) in [5.74, 6) is -0.138. The van der Waals surface area contributed by atoms with Gasteiger partial charge in [-0.2, -0.15) is 0 Å². The molecule has 2 aromatic carbocycles. The molecule has 2 aromatic rings. The van der Waals surface area contributed by atoms with E-state index in [-0.39, 0.29) is 25.9 Å². The van der Waals surface area contributed by atoms with Crippen LogP contribution in [0.5, 0.6) is 28.7 Å². The lowest BCUT2D eigenvalue weighted by atomic mass is 9.85. The van der Waals surface area contributed by atoms with Crippen LogP contribution in [0.1, 0.15) is 31.2 Å². The van der Waals surface area contributed by atoms with Crippen LogP contribution in [0, 0.1) is 5.92 Å². The first kappa shape index (κ1) is 32.2. The zero-order chi connectivity index (χ0) is 30.9. The molecule has 1 N–H and O–H groups in total. The molecule has 0 unspecified atom stereocenters. The Bertz CT molecular complexity index is 1240. The highest BCUT2D eigenvalue weighted by Crippen LogP contribution is 2.47. The number of nitrogens with zero attached hydrogens (tertiary/aromatic N) is 3. The predicted octanol–water partition coefficient (Wildman–Crippen LogP) is 3.10. The minimum Gasteiger partial charge on any atom is -0.493 e. The Hall–Kier alpha value is -3.74. The van der Waals surface area contributed by atoms with Crippen LogP contribution in [0.15, 0.2) is 36.4 Å². The fraction of sp³-hybridized carbons (Fsp3) is 0.548. The molecular weight excluding hydrogens is 558 g/mol. The van der Waals surface area contributed by atoms with Crippen molar-refractivity contribution in [3.05, 3.63) is 42.0 Å². The number of carbonyl (C=O) groups excluding carboxylic acids is 1. The smallest absolute Gasteiger partial charge is 0.308 e. The van der Waals surface area contributed by atoms with Gasteiger partial charge in [-0.15, -0.1) is 0 Å². The first-order valence-electron chi connectivity index (χ1n) is 14.6. The number of ether oxygens (including phenoxy) is 5. The van der Waals surface area contributed by atoms with Crippen molar-refractivity contribution in [2.24, 2.45) is 5.92 Å². The molecule has 0 radical (unpaired) electrons. The summed E-state index contributed by atoms with van der Waals surface area (Å²) in [5.41, 5.74) is 0.718. The number of unbranched alkanes of at least 4 members (excludes halogenated alkanes) is 1. The Balaban J connectivity index is 1.64. The standard InChI is InChI=1S/C31H43N3O9/c1-6-7-12-34(43-14-13-32(2)3)28(35)18-33-17-22(21-15-26(39-5)30-27(16-21)41-20-42-30)29(31(36)37)23(33)19-40-25-11-9-8-10-24(25)38-4/h8-11,15-16,22-23,29H,6-7,12-14,17-20H2,1-5H3,(H,36,37)/t22-,23+,29-/m1/s1. The lowest BCUT2D eigenvalue weighted by molar-refractivity contribution is -0.189. The molecule has 0 aliphatic carbocycles. The zero-order valence-corrected chi connectivity index (χ0v) is 25.6. The van der Waals surface area contributed by atoms with E-state index in [9.17, 15) is 14.7 Å². The zero-order valence-electron chi connectivity index (χ0n) is 25.6. The number of carboxylic acid groups (broad SMARTS) is 1. The molecule has 1 saturated heterocycles. The fourth-order valence-corrected chi connectivity index (χ4v) is 5.46. The summed E-state index contributed by atoms with van der Waals surface area (Å²) < 4.78 is 28.3. The number of hydroxylamine groups is 2.